The number of piperazine rings is 1. The molecular formula is C24H33N3. The molecule has 0 atom stereocenters. The van der Waals surface area contributed by atoms with E-state index < -0.39 is 0 Å². The lowest BCUT2D eigenvalue weighted by Gasteiger charge is -2.43. The van der Waals surface area contributed by atoms with Crippen molar-refractivity contribution in [3.63, 3.8) is 0 Å². The summed E-state index contributed by atoms with van der Waals surface area (Å²) in [6.07, 6.45) is 3.85. The second-order valence-electron chi connectivity index (χ2n) is 8.17. The fraction of sp³-hybridized carbons (Fsp3) is 0.500. The Morgan fingerprint density at radius 3 is 2.26 bits per heavy atom. The number of aryl methyl sites for hydroxylation is 1. The second-order valence-corrected chi connectivity index (χ2v) is 8.17. The molecule has 0 aliphatic carbocycles. The topological polar surface area (TPSA) is 9.72 Å². The van der Waals surface area contributed by atoms with E-state index in [0.29, 0.717) is 0 Å². The molecule has 2 heterocycles. The highest BCUT2D eigenvalue weighted by molar-refractivity contribution is 5.48. The van der Waals surface area contributed by atoms with Crippen LogP contribution in [0.5, 0.6) is 0 Å². The molecule has 0 amide bonds. The van der Waals surface area contributed by atoms with E-state index in [2.05, 4.69) is 76.2 Å². The number of piperidine rings is 1. The van der Waals surface area contributed by atoms with E-state index >= 15 is 0 Å². The number of anilines is 1. The van der Waals surface area contributed by atoms with Gasteiger partial charge in [-0.05, 0) is 62.5 Å². The Kier molecular flexibility index (Phi) is 6.10. The highest BCUT2D eigenvalue weighted by atomic mass is 15.3. The maximum absolute atomic E-state index is 2.75. The van der Waals surface area contributed by atoms with Gasteiger partial charge in [-0.25, -0.2) is 0 Å². The Balaban J connectivity index is 1.20. The average Bonchev–Trinajstić information content (AvgIpc) is 2.74. The van der Waals surface area contributed by atoms with Crippen molar-refractivity contribution in [2.45, 2.75) is 32.2 Å². The molecule has 0 spiro atoms. The Morgan fingerprint density at radius 1 is 0.815 bits per heavy atom. The van der Waals surface area contributed by atoms with Crippen molar-refractivity contribution in [2.75, 3.05) is 50.7 Å². The Hall–Kier alpha value is -1.84. The molecule has 3 nitrogen and oxygen atoms in total. The molecule has 0 radical (unpaired) electrons. The summed E-state index contributed by atoms with van der Waals surface area (Å²) in [5.74, 6) is 0. The van der Waals surface area contributed by atoms with Crippen molar-refractivity contribution < 1.29 is 0 Å². The SMILES string of the molecule is Cc1cccc(N2CCN(C3CCN(CCc4ccccc4)CC3)CC2)c1. The largest absolute Gasteiger partial charge is 0.369 e. The van der Waals surface area contributed by atoms with Gasteiger partial charge >= 0.3 is 0 Å². The van der Waals surface area contributed by atoms with E-state index in [0.717, 1.165) is 19.1 Å². The standard InChI is InChI=1S/C24H33N3/c1-21-6-5-9-24(20-21)27-18-16-26(17-19-27)23-11-14-25(15-12-23)13-10-22-7-3-2-4-8-22/h2-9,20,23H,10-19H2,1H3. The molecule has 2 aliphatic rings. The number of nitrogens with zero attached hydrogens (tertiary/aromatic N) is 3. The van der Waals surface area contributed by atoms with Crippen LogP contribution in [0.15, 0.2) is 54.6 Å². The summed E-state index contributed by atoms with van der Waals surface area (Å²) in [4.78, 5) is 7.96. The molecule has 2 aliphatic heterocycles. The van der Waals surface area contributed by atoms with Gasteiger partial charge in [0.05, 0.1) is 0 Å². The average molecular weight is 364 g/mol. The highest BCUT2D eigenvalue weighted by Gasteiger charge is 2.27. The summed E-state index contributed by atoms with van der Waals surface area (Å²) >= 11 is 0. The summed E-state index contributed by atoms with van der Waals surface area (Å²) in [5.41, 5.74) is 4.22. The minimum Gasteiger partial charge on any atom is -0.369 e. The molecule has 27 heavy (non-hydrogen) atoms. The predicted octanol–water partition coefficient (Wildman–Crippen LogP) is 3.82. The number of hydrogen-bond acceptors (Lipinski definition) is 3. The Bertz CT molecular complexity index is 699. The van der Waals surface area contributed by atoms with Gasteiger partial charge < -0.3 is 9.80 Å². The maximum atomic E-state index is 2.75. The lowest BCUT2D eigenvalue weighted by molar-refractivity contribution is 0.104. The molecular weight excluding hydrogens is 330 g/mol. The van der Waals surface area contributed by atoms with Gasteiger partial charge in [-0.15, -0.1) is 0 Å². The Morgan fingerprint density at radius 2 is 1.56 bits per heavy atom. The third kappa shape index (κ3) is 4.91. The minimum absolute atomic E-state index is 0.789. The fourth-order valence-corrected chi connectivity index (χ4v) is 4.61. The van der Waals surface area contributed by atoms with Crippen molar-refractivity contribution in [3.8, 4) is 0 Å². The van der Waals surface area contributed by atoms with E-state index in [-0.39, 0.29) is 0 Å². The van der Waals surface area contributed by atoms with E-state index in [1.165, 1.54) is 68.8 Å². The predicted molar refractivity (Wildman–Crippen MR) is 115 cm³/mol. The molecule has 144 valence electrons. The van der Waals surface area contributed by atoms with Crippen molar-refractivity contribution in [2.24, 2.45) is 0 Å². The first-order valence-corrected chi connectivity index (χ1v) is 10.6. The van der Waals surface area contributed by atoms with Crippen molar-refractivity contribution >= 4 is 5.69 Å². The van der Waals surface area contributed by atoms with Gasteiger partial charge in [0.2, 0.25) is 0 Å². The Labute approximate surface area is 164 Å². The maximum Gasteiger partial charge on any atom is 0.0369 e. The van der Waals surface area contributed by atoms with Crippen molar-refractivity contribution in [3.05, 3.63) is 65.7 Å². The summed E-state index contributed by atoms with van der Waals surface area (Å²) in [6, 6.07) is 20.6. The van der Waals surface area contributed by atoms with Crippen LogP contribution in [-0.4, -0.2) is 61.7 Å². The van der Waals surface area contributed by atoms with Crippen LogP contribution in [0.1, 0.15) is 24.0 Å². The zero-order chi connectivity index (χ0) is 18.5. The molecule has 4 rings (SSSR count). The first-order valence-electron chi connectivity index (χ1n) is 10.6. The van der Waals surface area contributed by atoms with E-state index in [9.17, 15) is 0 Å². The van der Waals surface area contributed by atoms with Crippen LogP contribution in [0.4, 0.5) is 5.69 Å². The van der Waals surface area contributed by atoms with Crippen molar-refractivity contribution in [1.29, 1.82) is 0 Å². The van der Waals surface area contributed by atoms with E-state index in [4.69, 9.17) is 0 Å². The van der Waals surface area contributed by atoms with E-state index in [1.54, 1.807) is 0 Å². The number of likely N-dealkylation sites (tertiary alicyclic amines) is 1. The first kappa shape index (κ1) is 18.5. The molecule has 0 aromatic heterocycles. The third-order valence-corrected chi connectivity index (χ3v) is 6.31. The molecule has 2 aromatic carbocycles. The lowest BCUT2D eigenvalue weighted by Crippen LogP contribution is -2.53. The minimum atomic E-state index is 0.789. The van der Waals surface area contributed by atoms with Gasteiger partial charge in [-0.2, -0.15) is 0 Å². The molecule has 0 N–H and O–H groups in total. The molecule has 0 saturated carbocycles. The van der Waals surface area contributed by atoms with Crippen LogP contribution in [0.2, 0.25) is 0 Å². The van der Waals surface area contributed by atoms with Crippen molar-refractivity contribution in [1.82, 2.24) is 9.80 Å². The zero-order valence-corrected chi connectivity index (χ0v) is 16.7. The fourth-order valence-electron chi connectivity index (χ4n) is 4.61. The van der Waals surface area contributed by atoms with Crippen LogP contribution in [-0.2, 0) is 6.42 Å². The normalized spacial score (nSPS) is 20.1. The molecule has 2 saturated heterocycles. The number of hydrogen-bond donors (Lipinski definition) is 0. The van der Waals surface area contributed by atoms with Gasteiger partial charge in [0.1, 0.15) is 0 Å². The summed E-state index contributed by atoms with van der Waals surface area (Å²) < 4.78 is 0. The van der Waals surface area contributed by atoms with Gasteiger partial charge in [-0.1, -0.05) is 42.5 Å². The smallest absolute Gasteiger partial charge is 0.0369 e. The summed E-state index contributed by atoms with van der Waals surface area (Å²) in [7, 11) is 0. The quantitative estimate of drug-likeness (QED) is 0.799. The van der Waals surface area contributed by atoms with Crippen LogP contribution in [0.25, 0.3) is 0 Å². The van der Waals surface area contributed by atoms with Crippen LogP contribution in [0.3, 0.4) is 0 Å². The molecule has 2 fully saturated rings. The van der Waals surface area contributed by atoms with Gasteiger partial charge in [0.25, 0.3) is 0 Å². The van der Waals surface area contributed by atoms with Gasteiger partial charge in [0.15, 0.2) is 0 Å². The zero-order valence-electron chi connectivity index (χ0n) is 16.7. The molecule has 0 bridgehead atoms. The van der Waals surface area contributed by atoms with Gasteiger partial charge in [-0.3, -0.25) is 4.90 Å². The highest BCUT2D eigenvalue weighted by Crippen LogP contribution is 2.22. The monoisotopic (exact) mass is 363 g/mol. The molecule has 0 unspecified atom stereocenters. The van der Waals surface area contributed by atoms with Crippen LogP contribution in [0, 0.1) is 6.92 Å². The molecule has 2 aromatic rings. The molecule has 3 heteroatoms. The van der Waals surface area contributed by atoms with Gasteiger partial charge in [0, 0.05) is 44.5 Å². The lowest BCUT2D eigenvalue weighted by atomic mass is 10.0. The number of benzene rings is 2. The van der Waals surface area contributed by atoms with Crippen LogP contribution >= 0.6 is 0 Å². The second kappa shape index (κ2) is 8.90. The van der Waals surface area contributed by atoms with Crippen LogP contribution < -0.4 is 4.90 Å². The summed E-state index contributed by atoms with van der Waals surface area (Å²) in [5, 5.41) is 0. The third-order valence-electron chi connectivity index (χ3n) is 6.31. The first-order chi connectivity index (χ1) is 13.3. The number of rotatable bonds is 5. The summed E-state index contributed by atoms with van der Waals surface area (Å²) in [6.45, 7) is 10.7. The van der Waals surface area contributed by atoms with E-state index in [1.807, 2.05) is 0 Å².